The zero-order valence-corrected chi connectivity index (χ0v) is 18.7. The molecule has 2 aromatic carbocycles. The molecular formula is C25H29N5O2. The van der Waals surface area contributed by atoms with Crippen molar-refractivity contribution < 1.29 is 9.59 Å². The zero-order chi connectivity index (χ0) is 22.7. The van der Waals surface area contributed by atoms with Gasteiger partial charge in [0.05, 0.1) is 17.6 Å². The molecule has 0 aliphatic heterocycles. The Balaban J connectivity index is 1.54. The number of carbonyl (C=O) groups is 2. The van der Waals surface area contributed by atoms with Gasteiger partial charge in [-0.1, -0.05) is 44.2 Å². The number of nitrogens with one attached hydrogen (secondary N) is 3. The molecule has 2 amide bonds. The van der Waals surface area contributed by atoms with Crippen LogP contribution in [0.4, 0.5) is 0 Å². The normalized spacial score (nSPS) is 12.4. The number of aryl methyl sites for hydroxylation is 1. The second-order valence-electron chi connectivity index (χ2n) is 8.26. The van der Waals surface area contributed by atoms with Gasteiger partial charge in [0.2, 0.25) is 11.8 Å². The minimum absolute atomic E-state index is 0.147. The van der Waals surface area contributed by atoms with Crippen molar-refractivity contribution in [3.05, 3.63) is 66.1 Å². The van der Waals surface area contributed by atoms with E-state index in [9.17, 15) is 9.59 Å². The molecule has 2 aromatic heterocycles. The van der Waals surface area contributed by atoms with Crippen molar-refractivity contribution in [1.82, 2.24) is 25.2 Å². The van der Waals surface area contributed by atoms with Gasteiger partial charge >= 0.3 is 0 Å². The average Bonchev–Trinajstić information content (AvgIpc) is 3.37. The fraction of sp³-hybridized carbons (Fsp3) is 0.320. The quantitative estimate of drug-likeness (QED) is 0.398. The van der Waals surface area contributed by atoms with E-state index < -0.39 is 6.04 Å². The molecule has 7 nitrogen and oxygen atoms in total. The van der Waals surface area contributed by atoms with E-state index in [0.29, 0.717) is 13.0 Å². The lowest BCUT2D eigenvalue weighted by atomic mass is 10.0. The van der Waals surface area contributed by atoms with E-state index in [0.717, 1.165) is 39.9 Å². The zero-order valence-electron chi connectivity index (χ0n) is 18.7. The van der Waals surface area contributed by atoms with Gasteiger partial charge in [0.1, 0.15) is 11.9 Å². The molecule has 0 saturated heterocycles. The highest BCUT2D eigenvalue weighted by Gasteiger charge is 2.24. The van der Waals surface area contributed by atoms with Crippen LogP contribution >= 0.6 is 0 Å². The Kier molecular flexibility index (Phi) is 6.25. The monoisotopic (exact) mass is 431 g/mol. The summed E-state index contributed by atoms with van der Waals surface area (Å²) in [5, 5.41) is 6.96. The van der Waals surface area contributed by atoms with Gasteiger partial charge in [-0.2, -0.15) is 0 Å². The summed E-state index contributed by atoms with van der Waals surface area (Å²) in [5.41, 5.74) is 3.95. The number of para-hydroxylation sites is 3. The Labute approximate surface area is 187 Å². The molecule has 0 fully saturated rings. The van der Waals surface area contributed by atoms with Crippen LogP contribution in [0, 0.1) is 5.92 Å². The third-order valence-electron chi connectivity index (χ3n) is 5.73. The average molecular weight is 432 g/mol. The summed E-state index contributed by atoms with van der Waals surface area (Å²) < 4.78 is 2.09. The number of carbonyl (C=O) groups excluding carboxylic acids is 2. The summed E-state index contributed by atoms with van der Waals surface area (Å²) >= 11 is 0. The predicted octanol–water partition coefficient (Wildman–Crippen LogP) is 3.54. The fourth-order valence-electron chi connectivity index (χ4n) is 3.97. The molecule has 7 heteroatoms. The van der Waals surface area contributed by atoms with Crippen LogP contribution in [-0.2, 0) is 29.1 Å². The topological polar surface area (TPSA) is 91.8 Å². The number of aromatic nitrogens is 3. The number of imidazole rings is 1. The number of hydrogen-bond acceptors (Lipinski definition) is 3. The number of H-pyrrole nitrogens is 1. The van der Waals surface area contributed by atoms with Crippen LogP contribution < -0.4 is 10.6 Å². The largest absolute Gasteiger partial charge is 0.361 e. The first kappa shape index (κ1) is 21.6. The molecule has 0 bridgehead atoms. The number of rotatable bonds is 8. The van der Waals surface area contributed by atoms with Gasteiger partial charge in [0, 0.05) is 36.0 Å². The molecule has 0 aliphatic rings. The van der Waals surface area contributed by atoms with Crippen molar-refractivity contribution in [2.24, 2.45) is 5.92 Å². The van der Waals surface area contributed by atoms with Crippen LogP contribution in [0.2, 0.25) is 0 Å². The van der Waals surface area contributed by atoms with Crippen LogP contribution in [0.25, 0.3) is 21.9 Å². The van der Waals surface area contributed by atoms with E-state index in [1.807, 2.05) is 68.6 Å². The fourth-order valence-corrected chi connectivity index (χ4v) is 3.97. The van der Waals surface area contributed by atoms with Crippen LogP contribution in [0.1, 0.15) is 32.2 Å². The Bertz CT molecular complexity index is 1250. The summed E-state index contributed by atoms with van der Waals surface area (Å²) in [6.07, 6.45) is 2.31. The molecule has 2 heterocycles. The number of amides is 2. The van der Waals surface area contributed by atoms with Crippen LogP contribution in [0.5, 0.6) is 0 Å². The van der Waals surface area contributed by atoms with Gasteiger partial charge in [-0.3, -0.25) is 9.59 Å². The van der Waals surface area contributed by atoms with Crippen molar-refractivity contribution >= 4 is 33.8 Å². The van der Waals surface area contributed by atoms with Gasteiger partial charge in [-0.25, -0.2) is 4.98 Å². The maximum atomic E-state index is 13.2. The Morgan fingerprint density at radius 1 is 1.06 bits per heavy atom. The molecule has 3 N–H and O–H groups in total. The Morgan fingerprint density at radius 3 is 2.59 bits per heavy atom. The molecule has 4 rings (SSSR count). The van der Waals surface area contributed by atoms with E-state index in [2.05, 4.69) is 32.1 Å². The SMILES string of the molecule is CCn1c(CNC(=O)C(Cc2c[nH]c3ccccc23)NC(=O)C(C)C)nc2ccccc21. The third kappa shape index (κ3) is 4.37. The number of benzene rings is 2. The molecule has 4 aromatic rings. The molecule has 0 spiro atoms. The predicted molar refractivity (Wildman–Crippen MR) is 126 cm³/mol. The van der Waals surface area contributed by atoms with Crippen molar-refractivity contribution in [1.29, 1.82) is 0 Å². The molecule has 0 aliphatic carbocycles. The van der Waals surface area contributed by atoms with Crippen molar-refractivity contribution in [3.8, 4) is 0 Å². The number of fused-ring (bicyclic) bond motifs is 2. The highest BCUT2D eigenvalue weighted by Crippen LogP contribution is 2.20. The van der Waals surface area contributed by atoms with Crippen molar-refractivity contribution in [3.63, 3.8) is 0 Å². The smallest absolute Gasteiger partial charge is 0.243 e. The summed E-state index contributed by atoms with van der Waals surface area (Å²) in [6.45, 7) is 6.75. The lowest BCUT2D eigenvalue weighted by Gasteiger charge is -2.20. The maximum absolute atomic E-state index is 13.2. The van der Waals surface area contributed by atoms with Crippen molar-refractivity contribution in [2.45, 2.75) is 46.3 Å². The van der Waals surface area contributed by atoms with Crippen molar-refractivity contribution in [2.75, 3.05) is 0 Å². The summed E-state index contributed by atoms with van der Waals surface area (Å²) in [5.74, 6) is 0.213. The highest BCUT2D eigenvalue weighted by atomic mass is 16.2. The minimum atomic E-state index is -0.677. The number of hydrogen-bond donors (Lipinski definition) is 3. The van der Waals surface area contributed by atoms with Gasteiger partial charge in [-0.15, -0.1) is 0 Å². The lowest BCUT2D eigenvalue weighted by Crippen LogP contribution is -2.49. The molecule has 1 unspecified atom stereocenters. The number of nitrogens with zero attached hydrogens (tertiary/aromatic N) is 2. The highest BCUT2D eigenvalue weighted by molar-refractivity contribution is 5.90. The van der Waals surface area contributed by atoms with Gasteiger partial charge in [0.25, 0.3) is 0 Å². The number of aromatic amines is 1. The van der Waals surface area contributed by atoms with Gasteiger partial charge < -0.3 is 20.2 Å². The van der Waals surface area contributed by atoms with E-state index in [1.165, 1.54) is 0 Å². The van der Waals surface area contributed by atoms with E-state index in [-0.39, 0.29) is 17.7 Å². The van der Waals surface area contributed by atoms with E-state index in [4.69, 9.17) is 0 Å². The van der Waals surface area contributed by atoms with Gasteiger partial charge in [-0.05, 0) is 30.7 Å². The second-order valence-corrected chi connectivity index (χ2v) is 8.26. The standard InChI is InChI=1S/C25H29N5O2/c1-4-30-22-12-8-7-11-20(22)28-23(30)15-27-25(32)21(29-24(31)16(2)3)13-17-14-26-19-10-6-5-9-18(17)19/h5-12,14,16,21,26H,4,13,15H2,1-3H3,(H,27,32)(H,29,31). The molecule has 0 saturated carbocycles. The van der Waals surface area contributed by atoms with E-state index in [1.54, 1.807) is 0 Å². The molecular weight excluding hydrogens is 402 g/mol. The van der Waals surface area contributed by atoms with Crippen LogP contribution in [-0.4, -0.2) is 32.4 Å². The molecule has 1 atom stereocenters. The van der Waals surface area contributed by atoms with E-state index >= 15 is 0 Å². The summed E-state index contributed by atoms with van der Waals surface area (Å²) in [4.78, 5) is 33.5. The van der Waals surface area contributed by atoms with Gasteiger partial charge in [0.15, 0.2) is 0 Å². The lowest BCUT2D eigenvalue weighted by molar-refractivity contribution is -0.130. The molecule has 0 radical (unpaired) electrons. The summed E-state index contributed by atoms with van der Waals surface area (Å²) in [7, 11) is 0. The third-order valence-corrected chi connectivity index (χ3v) is 5.73. The van der Waals surface area contributed by atoms with Crippen LogP contribution in [0.15, 0.2) is 54.7 Å². The Morgan fingerprint density at radius 2 is 1.81 bits per heavy atom. The minimum Gasteiger partial charge on any atom is -0.361 e. The Hall–Kier alpha value is -3.61. The molecule has 32 heavy (non-hydrogen) atoms. The molecule has 166 valence electrons. The first-order valence-corrected chi connectivity index (χ1v) is 11.0. The second kappa shape index (κ2) is 9.26. The maximum Gasteiger partial charge on any atom is 0.243 e. The first-order valence-electron chi connectivity index (χ1n) is 11.0. The van der Waals surface area contributed by atoms with Crippen LogP contribution in [0.3, 0.4) is 0 Å². The first-order chi connectivity index (χ1) is 15.5. The summed E-state index contributed by atoms with van der Waals surface area (Å²) in [6, 6.07) is 15.2.